The Kier molecular flexibility index (Phi) is 14.9. The zero-order valence-corrected chi connectivity index (χ0v) is 5.24. The summed E-state index contributed by atoms with van der Waals surface area (Å²) in [5.41, 5.74) is 0. The topological polar surface area (TPSA) is 0 Å². The third kappa shape index (κ3) is 9.73. The van der Waals surface area contributed by atoms with Gasteiger partial charge in [0.05, 0.1) is 0 Å². The number of hydrogen-bond acceptors (Lipinski definition) is 0. The average molecular weight is 129 g/mol. The second kappa shape index (κ2) is 10.5. The third-order valence-corrected chi connectivity index (χ3v) is 1.10. The summed E-state index contributed by atoms with van der Waals surface area (Å²) >= 11 is 0. The van der Waals surface area contributed by atoms with Gasteiger partial charge in [0.15, 0.2) is 17.4 Å². The highest BCUT2D eigenvalue weighted by Gasteiger charge is 1.80. The van der Waals surface area contributed by atoms with Gasteiger partial charge in [-0.05, 0) is 0 Å². The maximum absolute atomic E-state index is 3.76. The highest BCUT2D eigenvalue weighted by atomic mass is 27.0. The molecular weight excluding hydrogens is 111 g/mol. The number of hydrogen-bond donors (Lipinski definition) is 0. The highest BCUT2D eigenvalue weighted by molar-refractivity contribution is 5.75. The molecule has 0 aromatic carbocycles. The van der Waals surface area contributed by atoms with Crippen molar-refractivity contribution in [2.45, 2.75) is 39.0 Å². The lowest BCUT2D eigenvalue weighted by molar-refractivity contribution is 0.673. The Morgan fingerprint density at radius 3 is 2.12 bits per heavy atom. The first-order valence-electron chi connectivity index (χ1n) is 3.21. The van der Waals surface area contributed by atoms with Crippen LogP contribution in [0.4, 0.5) is 0 Å². The van der Waals surface area contributed by atoms with Gasteiger partial charge in [-0.1, -0.05) is 46.0 Å². The predicted octanol–water partition coefficient (Wildman–Crippen LogP) is 1.61. The van der Waals surface area contributed by atoms with Crippen molar-refractivity contribution in [2.24, 2.45) is 0 Å². The summed E-state index contributed by atoms with van der Waals surface area (Å²) in [5.74, 6) is 0. The van der Waals surface area contributed by atoms with E-state index in [0.717, 1.165) is 6.42 Å². The predicted molar refractivity (Wildman–Crippen MR) is 44.1 cm³/mol. The molecule has 0 atom stereocenters. The molecule has 1 radical (unpaired) electrons. The van der Waals surface area contributed by atoms with Crippen LogP contribution in [0.2, 0.25) is 0 Å². The van der Waals surface area contributed by atoms with Crippen LogP contribution in [-0.2, 0) is 0 Å². The molecule has 0 aliphatic rings. The Morgan fingerprint density at radius 1 is 1.12 bits per heavy atom. The van der Waals surface area contributed by atoms with Gasteiger partial charge in [0, 0.05) is 0 Å². The van der Waals surface area contributed by atoms with Crippen molar-refractivity contribution in [1.82, 2.24) is 0 Å². The molecule has 0 aromatic heterocycles. The van der Waals surface area contributed by atoms with Crippen LogP contribution in [0.3, 0.4) is 0 Å². The van der Waals surface area contributed by atoms with Crippen LogP contribution < -0.4 is 0 Å². The maximum atomic E-state index is 3.76. The normalized spacial score (nSPS) is 8.25. The molecule has 0 saturated heterocycles. The lowest BCUT2D eigenvalue weighted by Crippen LogP contribution is -1.71. The first kappa shape index (κ1) is 11.3. The highest BCUT2D eigenvalue weighted by Crippen LogP contribution is 1.99. The fourth-order valence-corrected chi connectivity index (χ4v) is 0.604. The molecule has 0 unspecified atom stereocenters. The molecule has 0 fully saturated rings. The van der Waals surface area contributed by atoms with E-state index in [-0.39, 0.29) is 17.4 Å². The minimum Gasteiger partial charge on any atom is -0.0654 e. The summed E-state index contributed by atoms with van der Waals surface area (Å²) < 4.78 is 0. The van der Waals surface area contributed by atoms with E-state index in [0.29, 0.717) is 0 Å². The van der Waals surface area contributed by atoms with Crippen LogP contribution in [0.1, 0.15) is 39.0 Å². The fourth-order valence-electron chi connectivity index (χ4n) is 0.604. The van der Waals surface area contributed by atoms with Crippen LogP contribution in [0.25, 0.3) is 0 Å². The first-order valence-corrected chi connectivity index (χ1v) is 3.21. The standard InChI is InChI=1S/C7H15.Al.3H/c1-3-5-7-6-4-2;;;;/h1,3-7H2,2H3;;;;. The molecule has 0 N–H and O–H groups in total. The van der Waals surface area contributed by atoms with E-state index < -0.39 is 0 Å². The van der Waals surface area contributed by atoms with Crippen molar-refractivity contribution >= 4 is 17.4 Å². The molecule has 0 heterocycles. The quantitative estimate of drug-likeness (QED) is 0.399. The van der Waals surface area contributed by atoms with Gasteiger partial charge in [-0.15, -0.1) is 0 Å². The third-order valence-electron chi connectivity index (χ3n) is 1.10. The van der Waals surface area contributed by atoms with Crippen molar-refractivity contribution in [2.75, 3.05) is 0 Å². The monoisotopic (exact) mass is 129 g/mol. The summed E-state index contributed by atoms with van der Waals surface area (Å²) in [6, 6.07) is 0. The zero-order valence-electron chi connectivity index (χ0n) is 5.24. The first-order chi connectivity index (χ1) is 3.41. The Hall–Kier alpha value is 0.532. The molecular formula is C7H18Al. The van der Waals surface area contributed by atoms with Gasteiger partial charge >= 0.3 is 0 Å². The second-order valence-corrected chi connectivity index (χ2v) is 1.91. The summed E-state index contributed by atoms with van der Waals surface area (Å²) in [7, 11) is 0. The Balaban J connectivity index is 0. The van der Waals surface area contributed by atoms with Gasteiger partial charge in [-0.3, -0.25) is 0 Å². The number of unbranched alkanes of at least 4 members (excludes halogenated alkanes) is 4. The fraction of sp³-hybridized carbons (Fsp3) is 0.857. The smallest absolute Gasteiger partial charge is 0.0654 e. The van der Waals surface area contributed by atoms with E-state index in [2.05, 4.69) is 13.8 Å². The molecule has 0 rings (SSSR count). The lowest BCUT2D eigenvalue weighted by atomic mass is 10.2. The van der Waals surface area contributed by atoms with Gasteiger partial charge in [0.1, 0.15) is 0 Å². The van der Waals surface area contributed by atoms with Crippen molar-refractivity contribution in [3.63, 3.8) is 0 Å². The SMILES string of the molecule is [AlH3].[CH2]CCCCCC. The molecule has 0 amide bonds. The van der Waals surface area contributed by atoms with Crippen LogP contribution in [0.15, 0.2) is 0 Å². The second-order valence-electron chi connectivity index (χ2n) is 1.91. The number of rotatable bonds is 4. The van der Waals surface area contributed by atoms with Gasteiger partial charge in [-0.2, -0.15) is 0 Å². The minimum absolute atomic E-state index is 0. The lowest BCUT2D eigenvalue weighted by Gasteiger charge is -1.90. The van der Waals surface area contributed by atoms with Crippen molar-refractivity contribution in [3.05, 3.63) is 6.92 Å². The van der Waals surface area contributed by atoms with E-state index in [9.17, 15) is 0 Å². The van der Waals surface area contributed by atoms with E-state index >= 15 is 0 Å². The van der Waals surface area contributed by atoms with Crippen molar-refractivity contribution in [1.29, 1.82) is 0 Å². The summed E-state index contributed by atoms with van der Waals surface area (Å²) in [4.78, 5) is 0. The molecule has 0 bridgehead atoms. The molecule has 0 saturated carbocycles. The van der Waals surface area contributed by atoms with E-state index in [4.69, 9.17) is 0 Å². The van der Waals surface area contributed by atoms with Gasteiger partial charge < -0.3 is 0 Å². The summed E-state index contributed by atoms with van der Waals surface area (Å²) in [5, 5.41) is 0. The van der Waals surface area contributed by atoms with Crippen LogP contribution in [0.5, 0.6) is 0 Å². The molecule has 1 heteroatoms. The van der Waals surface area contributed by atoms with Crippen LogP contribution in [0, 0.1) is 6.92 Å². The molecule has 0 aliphatic heterocycles. The van der Waals surface area contributed by atoms with E-state index in [1.54, 1.807) is 0 Å². The van der Waals surface area contributed by atoms with Crippen LogP contribution >= 0.6 is 0 Å². The van der Waals surface area contributed by atoms with Gasteiger partial charge in [-0.25, -0.2) is 0 Å². The minimum atomic E-state index is 0. The Bertz CT molecular complexity index is 23.6. The van der Waals surface area contributed by atoms with Gasteiger partial charge in [0.2, 0.25) is 0 Å². The molecule has 0 nitrogen and oxygen atoms in total. The summed E-state index contributed by atoms with van der Waals surface area (Å²) in [6.07, 6.45) is 6.52. The average Bonchev–Trinajstić information content (AvgIpc) is 1.69. The molecule has 8 heavy (non-hydrogen) atoms. The van der Waals surface area contributed by atoms with E-state index in [1.807, 2.05) is 0 Å². The molecule has 49 valence electrons. The Morgan fingerprint density at radius 2 is 1.75 bits per heavy atom. The van der Waals surface area contributed by atoms with Crippen molar-refractivity contribution in [3.8, 4) is 0 Å². The molecule has 0 spiro atoms. The van der Waals surface area contributed by atoms with Crippen molar-refractivity contribution < 1.29 is 0 Å². The Labute approximate surface area is 63.8 Å². The molecule has 0 aromatic rings. The summed E-state index contributed by atoms with van der Waals surface area (Å²) in [6.45, 7) is 5.98. The molecule has 0 aliphatic carbocycles. The maximum Gasteiger partial charge on any atom is 0.187 e. The largest absolute Gasteiger partial charge is 0.187 e. The zero-order chi connectivity index (χ0) is 5.54. The van der Waals surface area contributed by atoms with Crippen LogP contribution in [-0.4, -0.2) is 17.4 Å². The van der Waals surface area contributed by atoms with Gasteiger partial charge in [0.25, 0.3) is 0 Å². The van der Waals surface area contributed by atoms with E-state index in [1.165, 1.54) is 25.7 Å².